The second kappa shape index (κ2) is 10.1. The minimum atomic E-state index is -3.15. The lowest BCUT2D eigenvalue weighted by Gasteiger charge is -2.65. The molecular weight excluding hydrogens is 570 g/mol. The Bertz CT molecular complexity index is 1640. The van der Waals surface area contributed by atoms with Gasteiger partial charge in [0.1, 0.15) is 5.75 Å². The largest absolute Gasteiger partial charge is 0.507 e. The van der Waals surface area contributed by atoms with Crippen LogP contribution in [0.3, 0.4) is 0 Å². The van der Waals surface area contributed by atoms with Crippen molar-refractivity contribution in [1.82, 2.24) is 10.2 Å². The number of hydrogen-bond donors (Lipinski definition) is 5. The van der Waals surface area contributed by atoms with Crippen molar-refractivity contribution in [2.45, 2.75) is 51.0 Å². The molecule has 2 aromatic rings. The Kier molecular flexibility index (Phi) is 7.19. The summed E-state index contributed by atoms with van der Waals surface area (Å²) in [5.74, 6) is -11.8. The third-order valence-corrected chi connectivity index (χ3v) is 10.4. The molecule has 2 saturated carbocycles. The van der Waals surface area contributed by atoms with Gasteiger partial charge >= 0.3 is 0 Å². The minimum Gasteiger partial charge on any atom is -0.507 e. The summed E-state index contributed by atoms with van der Waals surface area (Å²) >= 11 is 0. The molecule has 0 aliphatic heterocycles. The lowest BCUT2D eigenvalue weighted by Crippen LogP contribution is -2.84. The first-order valence-electron chi connectivity index (χ1n) is 14.2. The summed E-state index contributed by atoms with van der Waals surface area (Å²) in [7, 11) is 2.88. The number of aliphatic hydroxyl groups excluding tert-OH is 1. The zero-order valence-electron chi connectivity index (χ0n) is 25.0. The molecule has 0 aromatic heterocycles. The number of Topliss-reactive ketones (excluding diaryl/α,β-unsaturated/α-hetero) is 4. The first kappa shape index (κ1) is 31.2. The van der Waals surface area contributed by atoms with Crippen LogP contribution in [-0.4, -0.2) is 87.0 Å². The molecule has 0 bridgehead atoms. The van der Waals surface area contributed by atoms with Gasteiger partial charge in [-0.2, -0.15) is 0 Å². The van der Waals surface area contributed by atoms with Crippen molar-refractivity contribution in [2.75, 3.05) is 14.1 Å². The highest BCUT2D eigenvalue weighted by Crippen LogP contribution is 2.65. The molecule has 12 heteroatoms. The van der Waals surface area contributed by atoms with E-state index in [2.05, 4.69) is 5.32 Å². The predicted molar refractivity (Wildman–Crippen MR) is 154 cm³/mol. The standard InChI is InChI=1S/C32H35N3O9/c1-14-17-12-11-16(13-34-28(42)15-9-7-6-8-10-15)21(36)18(17)22(37)20-26(40)32(44)25(39)19(27(33)41)23(38)24(35(4)5)31(32,3)29(43)30(14,20)2/h6-12,14,19-20,24,29,36,43-44H,13H2,1-5H3,(H2,33,41)(H,34,42)/t14-,19?,20?,24+,29-,30+,31+,32+/m0/s1. The average Bonchev–Trinajstić information content (AvgIpc) is 2.96. The van der Waals surface area contributed by atoms with Crippen LogP contribution in [-0.2, 0) is 25.7 Å². The maximum atomic E-state index is 14.4. The van der Waals surface area contributed by atoms with Gasteiger partial charge in [-0.25, -0.2) is 0 Å². The first-order valence-corrected chi connectivity index (χ1v) is 14.2. The van der Waals surface area contributed by atoms with Crippen LogP contribution in [0.15, 0.2) is 42.5 Å². The summed E-state index contributed by atoms with van der Waals surface area (Å²) in [5.41, 5.74) is -0.992. The third kappa shape index (κ3) is 3.74. The van der Waals surface area contributed by atoms with Crippen LogP contribution < -0.4 is 11.1 Å². The van der Waals surface area contributed by atoms with Gasteiger partial charge in [-0.3, -0.25) is 33.7 Å². The summed E-state index contributed by atoms with van der Waals surface area (Å²) in [4.78, 5) is 82.2. The van der Waals surface area contributed by atoms with Crippen molar-refractivity contribution in [1.29, 1.82) is 0 Å². The molecule has 3 aliphatic rings. The van der Waals surface area contributed by atoms with E-state index in [4.69, 9.17) is 5.73 Å². The van der Waals surface area contributed by atoms with E-state index < -0.39 is 87.0 Å². The smallest absolute Gasteiger partial charge is 0.251 e. The van der Waals surface area contributed by atoms with E-state index in [1.807, 2.05) is 0 Å². The SMILES string of the molecule is C[C@H]1c2ccc(CNC(=O)c3ccccc3)c(O)c2C(=O)C2C(=O)[C@]3(O)C(=O)C(C(N)=O)C(=O)[C@@H](N(C)C)[C@]3(C)[C@@H](O)[C@@]21C. The van der Waals surface area contributed by atoms with Crippen LogP contribution in [0.5, 0.6) is 5.75 Å². The second-order valence-electron chi connectivity index (χ2n) is 12.7. The van der Waals surface area contributed by atoms with Crippen LogP contribution in [0, 0.1) is 22.7 Å². The minimum absolute atomic E-state index is 0.166. The van der Waals surface area contributed by atoms with Crippen LogP contribution in [0.1, 0.15) is 58.5 Å². The van der Waals surface area contributed by atoms with Gasteiger partial charge in [0.05, 0.1) is 29.0 Å². The quantitative estimate of drug-likeness (QED) is 0.291. The number of amides is 2. The molecule has 44 heavy (non-hydrogen) atoms. The Labute approximate surface area is 253 Å². The number of carbonyl (C=O) groups excluding carboxylic acids is 6. The van der Waals surface area contributed by atoms with E-state index in [0.717, 1.165) is 0 Å². The highest BCUT2D eigenvalue weighted by molar-refractivity contribution is 6.33. The number of aromatic hydroxyl groups is 1. The number of nitrogens with zero attached hydrogens (tertiary/aromatic N) is 1. The summed E-state index contributed by atoms with van der Waals surface area (Å²) in [6.07, 6.45) is -1.81. The Balaban J connectivity index is 1.64. The number of nitrogens with one attached hydrogen (secondary N) is 1. The monoisotopic (exact) mass is 605 g/mol. The number of hydrogen-bond acceptors (Lipinski definition) is 10. The van der Waals surface area contributed by atoms with Crippen LogP contribution in [0.2, 0.25) is 0 Å². The van der Waals surface area contributed by atoms with Crippen LogP contribution in [0.25, 0.3) is 0 Å². The normalized spacial score (nSPS) is 34.7. The Morgan fingerprint density at radius 3 is 2.18 bits per heavy atom. The van der Waals surface area contributed by atoms with Gasteiger partial charge in [-0.05, 0) is 37.7 Å². The molecular formula is C32H35N3O9. The zero-order chi connectivity index (χ0) is 32.7. The predicted octanol–water partition coefficient (Wildman–Crippen LogP) is 0.109. The van der Waals surface area contributed by atoms with Gasteiger partial charge < -0.3 is 26.4 Å². The summed E-state index contributed by atoms with van der Waals surface area (Å²) in [5, 5.41) is 38.2. The molecule has 0 spiro atoms. The molecule has 0 saturated heterocycles. The van der Waals surface area contributed by atoms with Gasteiger partial charge in [0.25, 0.3) is 5.91 Å². The fraction of sp³-hybridized carbons (Fsp3) is 0.438. The molecule has 8 atom stereocenters. The second-order valence-corrected chi connectivity index (χ2v) is 12.7. The molecule has 0 heterocycles. The Morgan fingerprint density at radius 2 is 1.61 bits per heavy atom. The van der Waals surface area contributed by atoms with Crippen LogP contribution >= 0.6 is 0 Å². The first-order chi connectivity index (χ1) is 20.5. The number of fused-ring (bicyclic) bond motifs is 3. The maximum absolute atomic E-state index is 14.4. The van der Waals surface area contributed by atoms with Crippen molar-refractivity contribution in [3.05, 3.63) is 64.7 Å². The fourth-order valence-corrected chi connectivity index (χ4v) is 7.99. The van der Waals surface area contributed by atoms with Crippen molar-refractivity contribution >= 4 is 34.9 Å². The summed E-state index contributed by atoms with van der Waals surface area (Å²) in [6.45, 7) is 4.18. The number of ketones is 4. The van der Waals surface area contributed by atoms with Gasteiger partial charge in [0.15, 0.2) is 34.7 Å². The number of phenolic OH excluding ortho intramolecular Hbond substituents is 1. The number of primary amides is 1. The molecule has 2 aromatic carbocycles. The molecule has 6 N–H and O–H groups in total. The number of carbonyl (C=O) groups is 6. The van der Waals surface area contributed by atoms with Crippen molar-refractivity contribution in [3.63, 3.8) is 0 Å². The molecule has 2 unspecified atom stereocenters. The van der Waals surface area contributed by atoms with Gasteiger partial charge in [-0.15, -0.1) is 0 Å². The van der Waals surface area contributed by atoms with Crippen molar-refractivity contribution in [3.8, 4) is 5.75 Å². The van der Waals surface area contributed by atoms with Gasteiger partial charge in [0.2, 0.25) is 5.91 Å². The van der Waals surface area contributed by atoms with E-state index in [1.165, 1.54) is 38.9 Å². The summed E-state index contributed by atoms with van der Waals surface area (Å²) in [6, 6.07) is 9.93. The number of nitrogens with two attached hydrogens (primary N) is 1. The van der Waals surface area contributed by atoms with E-state index >= 15 is 0 Å². The molecule has 3 aliphatic carbocycles. The Hall–Kier alpha value is -4.26. The number of phenols is 1. The topological polar surface area (TPSA) is 204 Å². The van der Waals surface area contributed by atoms with Gasteiger partial charge in [-0.1, -0.05) is 51.1 Å². The molecule has 12 nitrogen and oxygen atoms in total. The highest BCUT2D eigenvalue weighted by Gasteiger charge is 2.81. The number of likely N-dealkylation sites (N-methyl/N-ethyl adjacent to an activating group) is 1. The molecule has 2 fully saturated rings. The van der Waals surface area contributed by atoms with Crippen LogP contribution in [0.4, 0.5) is 0 Å². The fourth-order valence-electron chi connectivity index (χ4n) is 7.99. The van der Waals surface area contributed by atoms with E-state index in [9.17, 15) is 44.1 Å². The lowest BCUT2D eigenvalue weighted by molar-refractivity contribution is -0.237. The number of benzene rings is 2. The summed E-state index contributed by atoms with van der Waals surface area (Å²) < 4.78 is 0. The number of aliphatic hydroxyl groups is 2. The lowest BCUT2D eigenvalue weighted by atomic mass is 9.39. The van der Waals surface area contributed by atoms with Crippen molar-refractivity contribution < 1.29 is 44.1 Å². The average molecular weight is 606 g/mol. The molecule has 232 valence electrons. The number of rotatable bonds is 5. The third-order valence-electron chi connectivity index (χ3n) is 10.4. The van der Waals surface area contributed by atoms with E-state index in [0.29, 0.717) is 11.1 Å². The van der Waals surface area contributed by atoms with Gasteiger partial charge in [0, 0.05) is 23.1 Å². The van der Waals surface area contributed by atoms with E-state index in [1.54, 1.807) is 43.3 Å². The Morgan fingerprint density at radius 1 is 1.00 bits per heavy atom. The molecule has 2 amide bonds. The molecule has 5 rings (SSSR count). The van der Waals surface area contributed by atoms with E-state index in [-0.39, 0.29) is 17.7 Å². The highest BCUT2D eigenvalue weighted by atomic mass is 16.3. The zero-order valence-corrected chi connectivity index (χ0v) is 25.0. The maximum Gasteiger partial charge on any atom is 0.251 e. The van der Waals surface area contributed by atoms with Crippen molar-refractivity contribution in [2.24, 2.45) is 28.4 Å². The molecule has 0 radical (unpaired) electrons.